The lowest BCUT2D eigenvalue weighted by Gasteiger charge is -2.09. The number of hydrogen-bond donors (Lipinski definition) is 1. The van der Waals surface area contributed by atoms with Crippen LogP contribution in [0.2, 0.25) is 0 Å². The number of anilines is 1. The van der Waals surface area contributed by atoms with Crippen molar-refractivity contribution in [2.75, 3.05) is 18.5 Å². The van der Waals surface area contributed by atoms with Crippen LogP contribution in [0.1, 0.15) is 5.56 Å². The van der Waals surface area contributed by atoms with Gasteiger partial charge in [0, 0.05) is 19.3 Å². The van der Waals surface area contributed by atoms with Crippen LogP contribution >= 0.6 is 0 Å². The van der Waals surface area contributed by atoms with Gasteiger partial charge in [-0.3, -0.25) is 4.68 Å². The fraction of sp³-hybridized carbons (Fsp3) is 0.308. The van der Waals surface area contributed by atoms with Crippen LogP contribution in [0.25, 0.3) is 0 Å². The van der Waals surface area contributed by atoms with Crippen molar-refractivity contribution in [2.24, 2.45) is 7.05 Å². The van der Waals surface area contributed by atoms with Gasteiger partial charge >= 0.3 is 0 Å². The van der Waals surface area contributed by atoms with Crippen molar-refractivity contribution in [2.45, 2.75) is 6.92 Å². The molecule has 1 N–H and O–H groups in total. The van der Waals surface area contributed by atoms with Gasteiger partial charge in [0.25, 0.3) is 0 Å². The van der Waals surface area contributed by atoms with Crippen molar-refractivity contribution in [1.82, 2.24) is 9.78 Å². The van der Waals surface area contributed by atoms with E-state index in [-0.39, 0.29) is 0 Å². The van der Waals surface area contributed by atoms with Crippen LogP contribution in [0, 0.1) is 6.92 Å². The van der Waals surface area contributed by atoms with Crippen LogP contribution in [0.15, 0.2) is 36.7 Å². The summed E-state index contributed by atoms with van der Waals surface area (Å²) in [5, 5.41) is 7.38. The summed E-state index contributed by atoms with van der Waals surface area (Å²) in [6.45, 7) is 3.49. The average molecular weight is 231 g/mol. The maximum atomic E-state index is 5.54. The number of hydrogen-bond acceptors (Lipinski definition) is 3. The molecule has 0 amide bonds. The minimum Gasteiger partial charge on any atom is -0.488 e. The van der Waals surface area contributed by atoms with Crippen molar-refractivity contribution >= 4 is 5.69 Å². The number of nitrogens with zero attached hydrogens (tertiary/aromatic N) is 2. The van der Waals surface area contributed by atoms with Gasteiger partial charge < -0.3 is 10.1 Å². The molecule has 90 valence electrons. The molecule has 0 aliphatic carbocycles. The molecule has 0 saturated heterocycles. The number of para-hydroxylation sites is 1. The molecule has 1 heterocycles. The Labute approximate surface area is 101 Å². The van der Waals surface area contributed by atoms with E-state index in [1.165, 1.54) is 5.56 Å². The van der Waals surface area contributed by atoms with E-state index < -0.39 is 0 Å². The fourth-order valence-corrected chi connectivity index (χ4v) is 1.60. The van der Waals surface area contributed by atoms with Gasteiger partial charge in [-0.15, -0.1) is 0 Å². The Kier molecular flexibility index (Phi) is 3.65. The zero-order valence-electron chi connectivity index (χ0n) is 10.2. The quantitative estimate of drug-likeness (QED) is 0.802. The number of aryl methyl sites for hydroxylation is 2. The Morgan fingerprint density at radius 1 is 1.35 bits per heavy atom. The van der Waals surface area contributed by atoms with E-state index in [9.17, 15) is 0 Å². The summed E-state index contributed by atoms with van der Waals surface area (Å²) in [7, 11) is 1.87. The number of ether oxygens (including phenoxy) is 1. The monoisotopic (exact) mass is 231 g/mol. The first-order valence-corrected chi connectivity index (χ1v) is 5.66. The SMILES string of the molecule is Cc1ccccc1NCCOc1cnn(C)c1. The molecule has 4 heteroatoms. The van der Waals surface area contributed by atoms with Gasteiger partial charge in [0.05, 0.1) is 12.4 Å². The number of rotatable bonds is 5. The third kappa shape index (κ3) is 3.24. The summed E-state index contributed by atoms with van der Waals surface area (Å²) >= 11 is 0. The molecule has 2 aromatic rings. The Morgan fingerprint density at radius 2 is 2.18 bits per heavy atom. The molecule has 0 fully saturated rings. The molecule has 0 radical (unpaired) electrons. The third-order valence-corrected chi connectivity index (χ3v) is 2.51. The van der Waals surface area contributed by atoms with Crippen molar-refractivity contribution in [1.29, 1.82) is 0 Å². The van der Waals surface area contributed by atoms with Crippen molar-refractivity contribution in [3.8, 4) is 5.75 Å². The molecule has 0 unspecified atom stereocenters. The van der Waals surface area contributed by atoms with E-state index >= 15 is 0 Å². The second-order valence-corrected chi connectivity index (χ2v) is 3.94. The first-order chi connectivity index (χ1) is 8.25. The van der Waals surface area contributed by atoms with E-state index in [1.807, 2.05) is 25.4 Å². The van der Waals surface area contributed by atoms with Gasteiger partial charge in [0.2, 0.25) is 0 Å². The third-order valence-electron chi connectivity index (χ3n) is 2.51. The first kappa shape index (κ1) is 11.5. The summed E-state index contributed by atoms with van der Waals surface area (Å²) in [6.07, 6.45) is 3.57. The highest BCUT2D eigenvalue weighted by Crippen LogP contribution is 2.12. The molecule has 0 atom stereocenters. The van der Waals surface area contributed by atoms with Gasteiger partial charge in [-0.25, -0.2) is 0 Å². The summed E-state index contributed by atoms with van der Waals surface area (Å²) in [4.78, 5) is 0. The lowest BCUT2D eigenvalue weighted by Crippen LogP contribution is -2.11. The van der Waals surface area contributed by atoms with Crippen LogP contribution in [-0.4, -0.2) is 22.9 Å². The average Bonchev–Trinajstić information content (AvgIpc) is 2.73. The smallest absolute Gasteiger partial charge is 0.157 e. The van der Waals surface area contributed by atoms with Gasteiger partial charge in [0.15, 0.2) is 5.75 Å². The Balaban J connectivity index is 1.75. The molecule has 4 nitrogen and oxygen atoms in total. The standard InChI is InChI=1S/C13H17N3O/c1-11-5-3-4-6-13(11)14-7-8-17-12-9-15-16(2)10-12/h3-6,9-10,14H,7-8H2,1-2H3. The highest BCUT2D eigenvalue weighted by molar-refractivity contribution is 5.50. The lowest BCUT2D eigenvalue weighted by atomic mass is 10.2. The number of benzene rings is 1. The molecule has 17 heavy (non-hydrogen) atoms. The maximum Gasteiger partial charge on any atom is 0.157 e. The van der Waals surface area contributed by atoms with Gasteiger partial charge in [-0.2, -0.15) is 5.10 Å². The second kappa shape index (κ2) is 5.39. The predicted octanol–water partition coefficient (Wildman–Crippen LogP) is 2.22. The Bertz CT molecular complexity index is 479. The molecular formula is C13H17N3O. The molecule has 0 aliphatic heterocycles. The molecule has 1 aromatic carbocycles. The van der Waals surface area contributed by atoms with Crippen molar-refractivity contribution in [3.63, 3.8) is 0 Å². The molecule has 0 aliphatic rings. The molecule has 0 spiro atoms. The van der Waals surface area contributed by atoms with Gasteiger partial charge in [-0.1, -0.05) is 18.2 Å². The largest absolute Gasteiger partial charge is 0.488 e. The summed E-state index contributed by atoms with van der Waals surface area (Å²) in [5.74, 6) is 0.805. The summed E-state index contributed by atoms with van der Waals surface area (Å²) < 4.78 is 7.27. The summed E-state index contributed by atoms with van der Waals surface area (Å²) in [6, 6.07) is 8.22. The Hall–Kier alpha value is -1.97. The highest BCUT2D eigenvalue weighted by Gasteiger charge is 1.97. The second-order valence-electron chi connectivity index (χ2n) is 3.94. The molecule has 0 saturated carbocycles. The van der Waals surface area contributed by atoms with Gasteiger partial charge in [0.1, 0.15) is 6.61 Å². The summed E-state index contributed by atoms with van der Waals surface area (Å²) in [5.41, 5.74) is 2.40. The minimum atomic E-state index is 0.625. The number of aromatic nitrogens is 2. The molecule has 0 bridgehead atoms. The zero-order chi connectivity index (χ0) is 12.1. The molecule has 1 aromatic heterocycles. The van der Waals surface area contributed by atoms with E-state index in [0.717, 1.165) is 18.0 Å². The zero-order valence-corrected chi connectivity index (χ0v) is 10.2. The lowest BCUT2D eigenvalue weighted by molar-refractivity contribution is 0.332. The molecular weight excluding hydrogens is 214 g/mol. The number of nitrogens with one attached hydrogen (secondary N) is 1. The van der Waals surface area contributed by atoms with Crippen LogP contribution in [0.3, 0.4) is 0 Å². The van der Waals surface area contributed by atoms with Crippen LogP contribution < -0.4 is 10.1 Å². The Morgan fingerprint density at radius 3 is 2.88 bits per heavy atom. The topological polar surface area (TPSA) is 39.1 Å². The van der Waals surface area contributed by atoms with Crippen molar-refractivity contribution in [3.05, 3.63) is 42.2 Å². The van der Waals surface area contributed by atoms with Crippen molar-refractivity contribution < 1.29 is 4.74 Å². The van der Waals surface area contributed by atoms with Gasteiger partial charge in [-0.05, 0) is 18.6 Å². The van der Waals surface area contributed by atoms with Crippen LogP contribution in [-0.2, 0) is 7.05 Å². The van der Waals surface area contributed by atoms with Crippen LogP contribution in [0.5, 0.6) is 5.75 Å². The van der Waals surface area contributed by atoms with Crippen LogP contribution in [0.4, 0.5) is 5.69 Å². The fourth-order valence-electron chi connectivity index (χ4n) is 1.60. The van der Waals surface area contributed by atoms with E-state index in [0.29, 0.717) is 6.61 Å². The first-order valence-electron chi connectivity index (χ1n) is 5.66. The normalized spacial score (nSPS) is 10.2. The van der Waals surface area contributed by atoms with E-state index in [2.05, 4.69) is 29.5 Å². The predicted molar refractivity (Wildman–Crippen MR) is 68.4 cm³/mol. The van der Waals surface area contributed by atoms with E-state index in [4.69, 9.17) is 4.74 Å². The highest BCUT2D eigenvalue weighted by atomic mass is 16.5. The minimum absolute atomic E-state index is 0.625. The maximum absolute atomic E-state index is 5.54. The molecule has 2 rings (SSSR count). The van der Waals surface area contributed by atoms with E-state index in [1.54, 1.807) is 10.9 Å².